The molecule has 0 amide bonds. The molecule has 0 unspecified atom stereocenters. The molecule has 0 saturated heterocycles. The predicted molar refractivity (Wildman–Crippen MR) is 66.7 cm³/mol. The first-order chi connectivity index (χ1) is 9.66. The zero-order valence-corrected chi connectivity index (χ0v) is 10.1. The molecule has 0 aliphatic rings. The number of nitrogens with one attached hydrogen (secondary N) is 2. The number of rotatable bonds is 4. The average molecular weight is 300 g/mol. The summed E-state index contributed by atoms with van der Waals surface area (Å²) in [6, 6.07) is 3.55. The number of nitriles is 1. The molecule has 110 valence electrons. The molecule has 0 bridgehead atoms. The molecule has 21 heavy (non-hydrogen) atoms. The standard InChI is InChI=1S/C10H7F3N6O2/c11-10(12,13)6-3-5(1-2-8(6)19(20)21)17-18-7(4-14)9(15)16/h1-3,17H,(H3,15,16)/b18-7+. The van der Waals surface area contributed by atoms with Gasteiger partial charge in [-0.15, -0.1) is 0 Å². The zero-order valence-electron chi connectivity index (χ0n) is 10.1. The Morgan fingerprint density at radius 3 is 2.57 bits per heavy atom. The van der Waals surface area contributed by atoms with Crippen LogP contribution in [0.5, 0.6) is 0 Å². The maximum Gasteiger partial charge on any atom is 0.423 e. The molecule has 4 N–H and O–H groups in total. The van der Waals surface area contributed by atoms with Gasteiger partial charge in [0.05, 0.1) is 10.6 Å². The second kappa shape index (κ2) is 5.87. The van der Waals surface area contributed by atoms with E-state index in [0.717, 1.165) is 6.07 Å². The Morgan fingerprint density at radius 2 is 2.14 bits per heavy atom. The fourth-order valence-electron chi connectivity index (χ4n) is 1.26. The van der Waals surface area contributed by atoms with Crippen LogP contribution in [0.1, 0.15) is 5.56 Å². The van der Waals surface area contributed by atoms with E-state index >= 15 is 0 Å². The van der Waals surface area contributed by atoms with Crippen molar-refractivity contribution >= 4 is 22.9 Å². The van der Waals surface area contributed by atoms with Crippen LogP contribution in [-0.4, -0.2) is 16.5 Å². The summed E-state index contributed by atoms with van der Waals surface area (Å²) >= 11 is 0. The molecular formula is C10H7F3N6O2. The molecular weight excluding hydrogens is 293 g/mol. The van der Waals surface area contributed by atoms with Gasteiger partial charge in [0, 0.05) is 6.07 Å². The number of alkyl halides is 3. The molecule has 0 atom stereocenters. The van der Waals surface area contributed by atoms with E-state index in [0.29, 0.717) is 12.1 Å². The van der Waals surface area contributed by atoms with Crippen molar-refractivity contribution in [3.63, 3.8) is 0 Å². The second-order valence-corrected chi connectivity index (χ2v) is 3.58. The van der Waals surface area contributed by atoms with E-state index in [-0.39, 0.29) is 5.69 Å². The number of amidine groups is 1. The summed E-state index contributed by atoms with van der Waals surface area (Å²) in [5.41, 5.74) is 3.71. The molecule has 11 heteroatoms. The van der Waals surface area contributed by atoms with Gasteiger partial charge in [0.1, 0.15) is 11.6 Å². The normalized spacial score (nSPS) is 11.6. The summed E-state index contributed by atoms with van der Waals surface area (Å²) in [5.74, 6) is -0.678. The van der Waals surface area contributed by atoms with E-state index in [1.807, 2.05) is 0 Å². The lowest BCUT2D eigenvalue weighted by molar-refractivity contribution is -0.388. The third-order valence-electron chi connectivity index (χ3n) is 2.16. The van der Waals surface area contributed by atoms with Gasteiger partial charge < -0.3 is 5.73 Å². The Hall–Kier alpha value is -3.16. The molecule has 0 spiro atoms. The highest BCUT2D eigenvalue weighted by atomic mass is 19.4. The summed E-state index contributed by atoms with van der Waals surface area (Å²) in [6.07, 6.45) is -4.93. The third kappa shape index (κ3) is 3.90. The van der Waals surface area contributed by atoms with Gasteiger partial charge in [0.15, 0.2) is 5.84 Å². The Labute approximate surface area is 115 Å². The number of nitro benzene ring substituents is 1. The van der Waals surface area contributed by atoms with E-state index in [1.54, 1.807) is 0 Å². The molecule has 0 fully saturated rings. The SMILES string of the molecule is N#C/C(=N\Nc1ccc([N+](=O)[O-])c(C(F)(F)F)c1)C(=N)N. The number of hydrogen-bond acceptors (Lipinski definition) is 6. The van der Waals surface area contributed by atoms with Gasteiger partial charge >= 0.3 is 6.18 Å². The number of nitrogens with zero attached hydrogens (tertiary/aromatic N) is 3. The van der Waals surface area contributed by atoms with Crippen LogP contribution in [0, 0.1) is 26.9 Å². The molecule has 8 nitrogen and oxygen atoms in total. The van der Waals surface area contributed by atoms with Crippen molar-refractivity contribution in [2.45, 2.75) is 6.18 Å². The smallest absolute Gasteiger partial charge is 0.382 e. The number of hydrogen-bond donors (Lipinski definition) is 3. The lowest BCUT2D eigenvalue weighted by Gasteiger charge is -2.09. The molecule has 0 aliphatic heterocycles. The van der Waals surface area contributed by atoms with Crippen molar-refractivity contribution in [1.82, 2.24) is 0 Å². The average Bonchev–Trinajstić information content (AvgIpc) is 2.37. The van der Waals surface area contributed by atoms with Crippen LogP contribution in [0.15, 0.2) is 23.3 Å². The minimum absolute atomic E-state index is 0.248. The fraction of sp³-hybridized carbons (Fsp3) is 0.100. The lowest BCUT2D eigenvalue weighted by atomic mass is 10.1. The molecule has 0 aliphatic carbocycles. The Morgan fingerprint density at radius 1 is 1.52 bits per heavy atom. The van der Waals surface area contributed by atoms with Crippen molar-refractivity contribution in [3.05, 3.63) is 33.9 Å². The van der Waals surface area contributed by atoms with Crippen molar-refractivity contribution in [2.24, 2.45) is 10.8 Å². The van der Waals surface area contributed by atoms with Gasteiger partial charge in [-0.25, -0.2) is 0 Å². The molecule has 1 aromatic rings. The Balaban J connectivity index is 3.22. The summed E-state index contributed by atoms with van der Waals surface area (Å²) in [6.45, 7) is 0. The van der Waals surface area contributed by atoms with Crippen LogP contribution in [-0.2, 0) is 6.18 Å². The first kappa shape index (κ1) is 15.9. The molecule has 0 radical (unpaired) electrons. The van der Waals surface area contributed by atoms with Gasteiger partial charge in [-0.2, -0.15) is 23.5 Å². The Bertz CT molecular complexity index is 662. The first-order valence-electron chi connectivity index (χ1n) is 5.10. The van der Waals surface area contributed by atoms with Gasteiger partial charge in [0.2, 0.25) is 5.71 Å². The molecule has 1 rings (SSSR count). The second-order valence-electron chi connectivity index (χ2n) is 3.58. The van der Waals surface area contributed by atoms with Crippen LogP contribution >= 0.6 is 0 Å². The van der Waals surface area contributed by atoms with Gasteiger partial charge in [-0.1, -0.05) is 0 Å². The van der Waals surface area contributed by atoms with E-state index < -0.39 is 33.9 Å². The van der Waals surface area contributed by atoms with E-state index in [2.05, 4.69) is 10.5 Å². The number of anilines is 1. The van der Waals surface area contributed by atoms with Crippen LogP contribution < -0.4 is 11.2 Å². The topological polar surface area (TPSA) is 141 Å². The predicted octanol–water partition coefficient (Wildman–Crippen LogP) is 1.84. The number of halogens is 3. The van der Waals surface area contributed by atoms with Crippen LogP contribution in [0.25, 0.3) is 0 Å². The third-order valence-corrected chi connectivity index (χ3v) is 2.16. The lowest BCUT2D eigenvalue weighted by Crippen LogP contribution is -2.21. The monoisotopic (exact) mass is 300 g/mol. The summed E-state index contributed by atoms with van der Waals surface area (Å²) in [7, 11) is 0. The maximum absolute atomic E-state index is 12.7. The van der Waals surface area contributed by atoms with Gasteiger partial charge in [-0.05, 0) is 12.1 Å². The van der Waals surface area contributed by atoms with E-state index in [4.69, 9.17) is 16.4 Å². The minimum Gasteiger partial charge on any atom is -0.382 e. The largest absolute Gasteiger partial charge is 0.423 e. The molecule has 0 heterocycles. The van der Waals surface area contributed by atoms with Gasteiger partial charge in [-0.3, -0.25) is 20.9 Å². The van der Waals surface area contributed by atoms with Crippen molar-refractivity contribution in [1.29, 1.82) is 10.7 Å². The van der Waals surface area contributed by atoms with Gasteiger partial charge in [0.25, 0.3) is 5.69 Å². The van der Waals surface area contributed by atoms with Crippen LogP contribution in [0.4, 0.5) is 24.5 Å². The van der Waals surface area contributed by atoms with Crippen LogP contribution in [0.3, 0.4) is 0 Å². The summed E-state index contributed by atoms with van der Waals surface area (Å²) < 4.78 is 38.1. The van der Waals surface area contributed by atoms with Crippen molar-refractivity contribution in [3.8, 4) is 6.07 Å². The summed E-state index contributed by atoms with van der Waals surface area (Å²) in [5, 5.41) is 29.4. The highest BCUT2D eigenvalue weighted by Gasteiger charge is 2.38. The quantitative estimate of drug-likeness (QED) is 0.336. The first-order valence-corrected chi connectivity index (χ1v) is 5.10. The maximum atomic E-state index is 12.7. The minimum atomic E-state index is -4.93. The number of hydrazone groups is 1. The number of nitrogens with two attached hydrogens (primary N) is 1. The Kier molecular flexibility index (Phi) is 4.44. The molecule has 0 aromatic heterocycles. The highest BCUT2D eigenvalue weighted by Crippen LogP contribution is 2.37. The number of nitro groups is 1. The van der Waals surface area contributed by atoms with E-state index in [9.17, 15) is 23.3 Å². The van der Waals surface area contributed by atoms with E-state index in [1.165, 1.54) is 6.07 Å². The fourth-order valence-corrected chi connectivity index (χ4v) is 1.26. The highest BCUT2D eigenvalue weighted by molar-refractivity contribution is 6.45. The summed E-state index contributed by atoms with van der Waals surface area (Å²) in [4.78, 5) is 9.39. The molecule has 1 aromatic carbocycles. The van der Waals surface area contributed by atoms with Crippen LogP contribution in [0.2, 0.25) is 0 Å². The number of benzene rings is 1. The molecule has 0 saturated carbocycles. The zero-order chi connectivity index (χ0) is 16.2. The van der Waals surface area contributed by atoms with Crippen molar-refractivity contribution in [2.75, 3.05) is 5.43 Å². The van der Waals surface area contributed by atoms with Crippen molar-refractivity contribution < 1.29 is 18.1 Å².